The van der Waals surface area contributed by atoms with Crippen LogP contribution in [-0.2, 0) is 0 Å². The van der Waals surface area contributed by atoms with Gasteiger partial charge in [0.05, 0.1) is 0 Å². The molecule has 1 aliphatic rings. The van der Waals surface area contributed by atoms with Crippen molar-refractivity contribution < 1.29 is 8.78 Å². The van der Waals surface area contributed by atoms with Gasteiger partial charge in [-0.25, -0.2) is 8.78 Å². The van der Waals surface area contributed by atoms with Gasteiger partial charge in [-0.2, -0.15) is 0 Å². The maximum absolute atomic E-state index is 12.5. The second-order valence-corrected chi connectivity index (χ2v) is 3.63. The molecule has 0 radical (unpaired) electrons. The van der Waals surface area contributed by atoms with Crippen LogP contribution >= 0.6 is 12.4 Å². The average Bonchev–Trinajstić information content (AvgIpc) is 2.30. The zero-order valence-corrected chi connectivity index (χ0v) is 9.64. The number of rotatable bonds is 2. The third-order valence-corrected chi connectivity index (χ3v) is 2.60. The fraction of sp³-hybridized carbons (Fsp3) is 0.455. The minimum Gasteiger partial charge on any atom is -0.369 e. The van der Waals surface area contributed by atoms with Gasteiger partial charge in [0.2, 0.25) is 0 Å². The Bertz CT molecular complexity index is 328. The summed E-state index contributed by atoms with van der Waals surface area (Å²) in [5.74, 6) is 0. The number of hydrogen-bond acceptors (Lipinski definition) is 2. The van der Waals surface area contributed by atoms with Gasteiger partial charge in [0.25, 0.3) is 6.43 Å². The Labute approximate surface area is 100 Å². The number of benzene rings is 1. The lowest BCUT2D eigenvalue weighted by Crippen LogP contribution is -2.43. The van der Waals surface area contributed by atoms with Gasteiger partial charge in [-0.3, -0.25) is 0 Å². The monoisotopic (exact) mass is 248 g/mol. The Balaban J connectivity index is 0.00000128. The molecule has 0 bridgehead atoms. The summed E-state index contributed by atoms with van der Waals surface area (Å²) in [6, 6.07) is 6.63. The fourth-order valence-corrected chi connectivity index (χ4v) is 1.78. The summed E-state index contributed by atoms with van der Waals surface area (Å²) in [5.41, 5.74) is 1.00. The summed E-state index contributed by atoms with van der Waals surface area (Å²) >= 11 is 0. The van der Waals surface area contributed by atoms with E-state index >= 15 is 0 Å². The average molecular weight is 249 g/mol. The first-order chi connectivity index (χ1) is 7.27. The second-order valence-electron chi connectivity index (χ2n) is 3.63. The highest BCUT2D eigenvalue weighted by atomic mass is 35.5. The lowest BCUT2D eigenvalue weighted by Gasteiger charge is -2.29. The molecule has 1 aromatic rings. The third kappa shape index (κ3) is 3.06. The first-order valence-corrected chi connectivity index (χ1v) is 5.11. The van der Waals surface area contributed by atoms with Gasteiger partial charge < -0.3 is 10.2 Å². The normalized spacial score (nSPS) is 16.1. The number of hydrogen-bond donors (Lipinski definition) is 1. The van der Waals surface area contributed by atoms with Gasteiger partial charge in [-0.05, 0) is 12.1 Å². The van der Waals surface area contributed by atoms with E-state index in [1.165, 1.54) is 6.07 Å². The third-order valence-electron chi connectivity index (χ3n) is 2.60. The van der Waals surface area contributed by atoms with E-state index in [4.69, 9.17) is 0 Å². The molecule has 0 atom stereocenters. The number of halogens is 3. The van der Waals surface area contributed by atoms with Gasteiger partial charge in [0.15, 0.2) is 0 Å². The number of nitrogens with zero attached hydrogens (tertiary/aromatic N) is 1. The van der Waals surface area contributed by atoms with Crippen molar-refractivity contribution in [3.05, 3.63) is 29.8 Å². The molecule has 16 heavy (non-hydrogen) atoms. The quantitative estimate of drug-likeness (QED) is 0.865. The van der Waals surface area contributed by atoms with Gasteiger partial charge in [0.1, 0.15) is 0 Å². The molecule has 0 amide bonds. The van der Waals surface area contributed by atoms with Crippen LogP contribution in [0.4, 0.5) is 14.5 Å². The van der Waals surface area contributed by atoms with Crippen LogP contribution in [0.1, 0.15) is 12.0 Å². The Morgan fingerprint density at radius 3 is 2.50 bits per heavy atom. The highest BCUT2D eigenvalue weighted by Crippen LogP contribution is 2.23. The van der Waals surface area contributed by atoms with E-state index < -0.39 is 6.43 Å². The summed E-state index contributed by atoms with van der Waals surface area (Å²) in [7, 11) is 0. The van der Waals surface area contributed by atoms with Crippen molar-refractivity contribution in [1.82, 2.24) is 5.32 Å². The van der Waals surface area contributed by atoms with Crippen LogP contribution in [0.3, 0.4) is 0 Å². The zero-order valence-electron chi connectivity index (χ0n) is 8.83. The standard InChI is InChI=1S/C11H14F2N2.ClH/c12-11(13)9-2-1-3-10(8-9)15-6-4-14-5-7-15;/h1-3,8,11,14H,4-7H2;1H. The number of anilines is 1. The minimum atomic E-state index is -2.38. The molecule has 0 spiro atoms. The molecule has 2 nitrogen and oxygen atoms in total. The fourth-order valence-electron chi connectivity index (χ4n) is 1.78. The van der Waals surface area contributed by atoms with Crippen molar-refractivity contribution in [2.24, 2.45) is 0 Å². The molecule has 1 aliphatic heterocycles. The molecular formula is C11H15ClF2N2. The van der Waals surface area contributed by atoms with Crippen LogP contribution in [-0.4, -0.2) is 26.2 Å². The molecule has 1 heterocycles. The SMILES string of the molecule is Cl.FC(F)c1cccc(N2CCNCC2)c1. The van der Waals surface area contributed by atoms with Crippen molar-refractivity contribution in [1.29, 1.82) is 0 Å². The summed E-state index contributed by atoms with van der Waals surface area (Å²) < 4.78 is 25.0. The van der Waals surface area contributed by atoms with Crippen molar-refractivity contribution >= 4 is 18.1 Å². The van der Waals surface area contributed by atoms with Crippen molar-refractivity contribution in [3.8, 4) is 0 Å². The first-order valence-electron chi connectivity index (χ1n) is 5.11. The second kappa shape index (κ2) is 6.01. The maximum atomic E-state index is 12.5. The van der Waals surface area contributed by atoms with Gasteiger partial charge in [-0.15, -0.1) is 12.4 Å². The largest absolute Gasteiger partial charge is 0.369 e. The molecule has 1 saturated heterocycles. The van der Waals surface area contributed by atoms with E-state index in [0.29, 0.717) is 0 Å². The van der Waals surface area contributed by atoms with Gasteiger partial charge >= 0.3 is 0 Å². The topological polar surface area (TPSA) is 15.3 Å². The van der Waals surface area contributed by atoms with E-state index in [0.717, 1.165) is 31.9 Å². The van der Waals surface area contributed by atoms with E-state index in [-0.39, 0.29) is 18.0 Å². The minimum absolute atomic E-state index is 0. The summed E-state index contributed by atoms with van der Waals surface area (Å²) in [5, 5.41) is 3.23. The van der Waals surface area contributed by atoms with Crippen LogP contribution in [0.25, 0.3) is 0 Å². The van der Waals surface area contributed by atoms with Gasteiger partial charge in [0, 0.05) is 37.4 Å². The number of piperazine rings is 1. The lowest BCUT2D eigenvalue weighted by atomic mass is 10.2. The lowest BCUT2D eigenvalue weighted by molar-refractivity contribution is 0.151. The van der Waals surface area contributed by atoms with Crippen LogP contribution in [0.5, 0.6) is 0 Å². The Hall–Kier alpha value is -0.870. The molecule has 5 heteroatoms. The van der Waals surface area contributed by atoms with Crippen LogP contribution < -0.4 is 10.2 Å². The Morgan fingerprint density at radius 2 is 1.88 bits per heavy atom. The van der Waals surface area contributed by atoms with Crippen molar-refractivity contribution in [2.75, 3.05) is 31.1 Å². The Morgan fingerprint density at radius 1 is 1.19 bits per heavy atom. The summed E-state index contributed by atoms with van der Waals surface area (Å²) in [4.78, 5) is 2.13. The predicted octanol–water partition coefficient (Wildman–Crippen LogP) is 2.46. The van der Waals surface area contributed by atoms with Crippen molar-refractivity contribution in [2.45, 2.75) is 6.43 Å². The van der Waals surface area contributed by atoms with Crippen LogP contribution in [0.15, 0.2) is 24.3 Å². The van der Waals surface area contributed by atoms with Crippen LogP contribution in [0, 0.1) is 0 Å². The predicted molar refractivity (Wildman–Crippen MR) is 63.7 cm³/mol. The molecule has 0 aromatic heterocycles. The zero-order chi connectivity index (χ0) is 10.7. The smallest absolute Gasteiger partial charge is 0.263 e. The first kappa shape index (κ1) is 13.2. The van der Waals surface area contributed by atoms with E-state index in [1.54, 1.807) is 12.1 Å². The molecule has 1 N–H and O–H groups in total. The highest BCUT2D eigenvalue weighted by Gasteiger charge is 2.13. The molecular weight excluding hydrogens is 234 g/mol. The summed E-state index contributed by atoms with van der Waals surface area (Å²) in [6.07, 6.45) is -2.38. The summed E-state index contributed by atoms with van der Waals surface area (Å²) in [6.45, 7) is 3.59. The molecule has 0 aliphatic carbocycles. The van der Waals surface area contributed by atoms with Gasteiger partial charge in [-0.1, -0.05) is 12.1 Å². The highest BCUT2D eigenvalue weighted by molar-refractivity contribution is 5.85. The van der Waals surface area contributed by atoms with E-state index in [1.807, 2.05) is 6.07 Å². The van der Waals surface area contributed by atoms with Crippen LogP contribution in [0.2, 0.25) is 0 Å². The van der Waals surface area contributed by atoms with E-state index in [9.17, 15) is 8.78 Å². The number of alkyl halides is 2. The molecule has 0 unspecified atom stereocenters. The molecule has 2 rings (SSSR count). The molecule has 1 aromatic carbocycles. The molecule has 90 valence electrons. The number of nitrogens with one attached hydrogen (secondary N) is 1. The van der Waals surface area contributed by atoms with Crippen molar-refractivity contribution in [3.63, 3.8) is 0 Å². The molecule has 0 saturated carbocycles. The Kier molecular flexibility index (Phi) is 4.96. The molecule has 1 fully saturated rings. The van der Waals surface area contributed by atoms with E-state index in [2.05, 4.69) is 10.2 Å². The maximum Gasteiger partial charge on any atom is 0.263 e.